The fourth-order valence-electron chi connectivity index (χ4n) is 10.6. The van der Waals surface area contributed by atoms with E-state index in [2.05, 4.69) is 214 Å². The van der Waals surface area contributed by atoms with Crippen LogP contribution < -0.4 is 27.3 Å². The van der Waals surface area contributed by atoms with Gasteiger partial charge in [-0.05, 0) is 108 Å². The Balaban J connectivity index is 1.19. The number of hydrogen-bond acceptors (Lipinski definition) is 1. The van der Waals surface area contributed by atoms with Gasteiger partial charge in [0.05, 0.1) is 16.7 Å². The Morgan fingerprint density at radius 3 is 1.43 bits per heavy atom. The summed E-state index contributed by atoms with van der Waals surface area (Å²) in [5.41, 5.74) is 19.4. The first-order chi connectivity index (χ1) is 29.9. The van der Waals surface area contributed by atoms with Gasteiger partial charge in [-0.25, -0.2) is 0 Å². The molecule has 7 heteroatoms. The summed E-state index contributed by atoms with van der Waals surface area (Å²) in [5.74, 6) is 0. The largest absolute Gasteiger partial charge is 0.454 e. The van der Waals surface area contributed by atoms with Gasteiger partial charge in [0.2, 0.25) is 0 Å². The Morgan fingerprint density at radius 2 is 0.820 bits per heavy atom. The lowest BCUT2D eigenvalue weighted by Crippen LogP contribution is -2.55. The maximum atomic E-state index is 6.84. The van der Waals surface area contributed by atoms with Crippen molar-refractivity contribution in [3.8, 4) is 39.1 Å². The Hall–Kier alpha value is -7.10. The van der Waals surface area contributed by atoms with Crippen LogP contribution in [0.1, 0.15) is 0 Å². The summed E-state index contributed by atoms with van der Waals surface area (Å²) >= 11 is 0. The number of nitrogens with zero attached hydrogens (tertiary/aromatic N) is 1. The molecular formula is C54H38B5NO. The van der Waals surface area contributed by atoms with Gasteiger partial charge in [-0.3, -0.25) is 0 Å². The SMILES string of the molecule is Bc1c(B)c(B)c(-c2c3ccccc3c(-c3cc(-c4cc(-n5c6ccccc6c6ccccc65)c5oc6ccccc6c5c4)c4ccccc4c3)c3ccccc23)c(B)c1B. The fourth-order valence-corrected chi connectivity index (χ4v) is 10.6. The molecule has 10 aromatic carbocycles. The molecule has 12 rings (SSSR count). The lowest BCUT2D eigenvalue weighted by molar-refractivity contribution is 0.666. The number of aromatic nitrogens is 1. The molecule has 0 radical (unpaired) electrons. The van der Waals surface area contributed by atoms with Crippen molar-refractivity contribution in [1.82, 2.24) is 4.57 Å². The minimum Gasteiger partial charge on any atom is -0.454 e. The third kappa shape index (κ3) is 5.17. The summed E-state index contributed by atoms with van der Waals surface area (Å²) in [6.07, 6.45) is 0. The van der Waals surface area contributed by atoms with Gasteiger partial charge < -0.3 is 8.98 Å². The Kier molecular flexibility index (Phi) is 7.90. The molecule has 0 spiro atoms. The molecule has 0 aliphatic rings. The van der Waals surface area contributed by atoms with Crippen LogP contribution in [0.2, 0.25) is 0 Å². The first-order valence-corrected chi connectivity index (χ1v) is 21.4. The maximum Gasteiger partial charge on any atom is 0.159 e. The van der Waals surface area contributed by atoms with Crippen LogP contribution in [0, 0.1) is 0 Å². The quantitative estimate of drug-likeness (QED) is 0.149. The van der Waals surface area contributed by atoms with Crippen LogP contribution in [-0.4, -0.2) is 43.8 Å². The zero-order valence-corrected chi connectivity index (χ0v) is 35.0. The number of furan rings is 1. The van der Waals surface area contributed by atoms with Gasteiger partial charge in [0.25, 0.3) is 0 Å². The van der Waals surface area contributed by atoms with Gasteiger partial charge in [0, 0.05) is 21.5 Å². The molecule has 2 heterocycles. The van der Waals surface area contributed by atoms with Gasteiger partial charge in [0.1, 0.15) is 44.8 Å². The fraction of sp³-hybridized carbons (Fsp3) is 0. The number of fused-ring (bicyclic) bond motifs is 9. The average molecular weight is 771 g/mol. The van der Waals surface area contributed by atoms with E-state index in [9.17, 15) is 0 Å². The summed E-state index contributed by atoms with van der Waals surface area (Å²) in [4.78, 5) is 0. The Bertz CT molecular complexity index is 3700. The van der Waals surface area contributed by atoms with Crippen molar-refractivity contribution in [1.29, 1.82) is 0 Å². The molecule has 61 heavy (non-hydrogen) atoms. The van der Waals surface area contributed by atoms with Gasteiger partial charge in [-0.15, -0.1) is 16.4 Å². The van der Waals surface area contributed by atoms with E-state index in [0.717, 1.165) is 44.2 Å². The van der Waals surface area contributed by atoms with Crippen molar-refractivity contribution in [2.24, 2.45) is 0 Å². The van der Waals surface area contributed by atoms with Gasteiger partial charge >= 0.3 is 0 Å². The third-order valence-electron chi connectivity index (χ3n) is 13.9. The highest BCUT2D eigenvalue weighted by Gasteiger charge is 2.24. The number of benzene rings is 10. The van der Waals surface area contributed by atoms with Gasteiger partial charge in [0.15, 0.2) is 5.58 Å². The Labute approximate surface area is 358 Å². The molecule has 280 valence electrons. The van der Waals surface area contributed by atoms with E-state index in [1.54, 1.807) is 0 Å². The smallest absolute Gasteiger partial charge is 0.159 e. The summed E-state index contributed by atoms with van der Waals surface area (Å²) < 4.78 is 9.24. The van der Waals surface area contributed by atoms with Crippen LogP contribution in [0.5, 0.6) is 0 Å². The lowest BCUT2D eigenvalue weighted by Gasteiger charge is -2.24. The molecule has 0 saturated heterocycles. The van der Waals surface area contributed by atoms with Crippen LogP contribution in [-0.2, 0) is 0 Å². The number of para-hydroxylation sites is 3. The highest BCUT2D eigenvalue weighted by Crippen LogP contribution is 2.46. The van der Waals surface area contributed by atoms with Crippen LogP contribution in [0.4, 0.5) is 0 Å². The van der Waals surface area contributed by atoms with E-state index >= 15 is 0 Å². The zero-order chi connectivity index (χ0) is 41.1. The monoisotopic (exact) mass is 771 g/mol. The molecule has 2 nitrogen and oxygen atoms in total. The molecule has 12 aromatic rings. The second-order valence-corrected chi connectivity index (χ2v) is 16.9. The van der Waals surface area contributed by atoms with Crippen molar-refractivity contribution < 1.29 is 4.42 Å². The lowest BCUT2D eigenvalue weighted by atomic mass is 9.59. The van der Waals surface area contributed by atoms with Crippen LogP contribution >= 0.6 is 0 Å². The van der Waals surface area contributed by atoms with E-state index in [1.807, 2.05) is 0 Å². The van der Waals surface area contributed by atoms with E-state index in [4.69, 9.17) is 4.42 Å². The molecule has 0 amide bonds. The standard InChI is InChI=1S/C54H38B5NO/c55-49-48(50(56)52(58)53(59)51(49)57)47-38-20-5-3-18-36(38)46(37-19-4-6-21-39(37)47)31-25-29-13-1-2-14-32(29)40(27-31)30-26-41-35-17-9-12-24-45(35)61-54(41)44(28-30)60-42-22-10-7-15-33(42)34-16-8-11-23-43(34)60/h1-28H,55-59H2. The predicted octanol–water partition coefficient (Wildman–Crippen LogP) is 6.44. The minimum absolute atomic E-state index is 0.886. The van der Waals surface area contributed by atoms with Crippen molar-refractivity contribution in [2.45, 2.75) is 0 Å². The van der Waals surface area contributed by atoms with Crippen molar-refractivity contribution in [3.63, 3.8) is 0 Å². The molecule has 0 unspecified atom stereocenters. The topological polar surface area (TPSA) is 18.1 Å². The van der Waals surface area contributed by atoms with Crippen molar-refractivity contribution in [3.05, 3.63) is 170 Å². The third-order valence-corrected chi connectivity index (χ3v) is 13.9. The maximum absolute atomic E-state index is 6.84. The second kappa shape index (κ2) is 13.5. The first-order valence-electron chi connectivity index (χ1n) is 21.4. The average Bonchev–Trinajstić information content (AvgIpc) is 3.85. The predicted molar refractivity (Wildman–Crippen MR) is 278 cm³/mol. The molecule has 0 atom stereocenters. The molecule has 0 bridgehead atoms. The normalized spacial score (nSPS) is 11.9. The van der Waals surface area contributed by atoms with Crippen LogP contribution in [0.25, 0.3) is 115 Å². The van der Waals surface area contributed by atoms with Crippen molar-refractivity contribution >= 4 is 143 Å². The minimum atomic E-state index is 0.886. The first kappa shape index (κ1) is 35.8. The second-order valence-electron chi connectivity index (χ2n) is 16.9. The summed E-state index contributed by atoms with van der Waals surface area (Å²) in [7, 11) is 11.5. The summed E-state index contributed by atoms with van der Waals surface area (Å²) in [5, 5.41) is 12.2. The van der Waals surface area contributed by atoms with Crippen LogP contribution in [0.3, 0.4) is 0 Å². The summed E-state index contributed by atoms with van der Waals surface area (Å²) in [6.45, 7) is 0. The Morgan fingerprint density at radius 1 is 0.344 bits per heavy atom. The molecule has 0 saturated carbocycles. The molecule has 2 aromatic heterocycles. The number of rotatable bonds is 4. The van der Waals surface area contributed by atoms with Crippen molar-refractivity contribution in [2.75, 3.05) is 0 Å². The molecule has 0 fully saturated rings. The molecule has 0 aliphatic carbocycles. The number of hydrogen-bond donors (Lipinski definition) is 0. The zero-order valence-electron chi connectivity index (χ0n) is 35.0. The summed E-state index contributed by atoms with van der Waals surface area (Å²) in [6, 6.07) is 62.5. The van der Waals surface area contributed by atoms with E-state index < -0.39 is 0 Å². The molecule has 0 aliphatic heterocycles. The molecule has 0 N–H and O–H groups in total. The van der Waals surface area contributed by atoms with Gasteiger partial charge in [-0.1, -0.05) is 138 Å². The highest BCUT2D eigenvalue weighted by atomic mass is 16.3. The van der Waals surface area contributed by atoms with E-state index in [1.165, 1.54) is 98.2 Å². The van der Waals surface area contributed by atoms with Crippen LogP contribution in [0.15, 0.2) is 174 Å². The molecular weight excluding hydrogens is 733 g/mol. The van der Waals surface area contributed by atoms with E-state index in [0.29, 0.717) is 0 Å². The van der Waals surface area contributed by atoms with Gasteiger partial charge in [-0.2, -0.15) is 0 Å². The van der Waals surface area contributed by atoms with E-state index in [-0.39, 0.29) is 0 Å². The highest BCUT2D eigenvalue weighted by molar-refractivity contribution is 6.69.